The lowest BCUT2D eigenvalue weighted by molar-refractivity contribution is -0.0698. The van der Waals surface area contributed by atoms with Gasteiger partial charge in [-0.15, -0.1) is 45.3 Å². The SMILES string of the molecule is CCCCCCc1cc(-c2ccc(-c3cc(CCCCCC)c(-c4ccc(C(=C(C#N)C#N)C(F)(F)F)s4)s3)c3nsnc23)sc1-c1ccc(C(=C(C#N)C#N)C(F)(F)F)s1. The summed E-state index contributed by atoms with van der Waals surface area (Å²) >= 11 is 5.68. The quantitative estimate of drug-likeness (QED) is 0.0541. The number of aromatic nitrogens is 2. The summed E-state index contributed by atoms with van der Waals surface area (Å²) in [4.78, 5) is 4.03. The number of hydrogen-bond donors (Lipinski definition) is 0. The summed E-state index contributed by atoms with van der Waals surface area (Å²) in [6, 6.07) is 19.4. The van der Waals surface area contributed by atoms with Crippen molar-refractivity contribution in [1.29, 1.82) is 21.0 Å². The lowest BCUT2D eigenvalue weighted by atomic mass is 10.0. The first-order valence-electron chi connectivity index (χ1n) is 19.2. The Bertz CT molecular complexity index is 2560. The van der Waals surface area contributed by atoms with Crippen LogP contribution in [0.1, 0.15) is 86.1 Å². The van der Waals surface area contributed by atoms with Crippen molar-refractivity contribution in [2.45, 2.75) is 90.4 Å². The maximum atomic E-state index is 14.2. The number of alkyl halides is 6. The van der Waals surface area contributed by atoms with E-state index in [0.29, 0.717) is 33.6 Å². The molecule has 17 heteroatoms. The summed E-state index contributed by atoms with van der Waals surface area (Å²) in [5, 5.41) is 37.3. The van der Waals surface area contributed by atoms with E-state index in [9.17, 15) is 47.4 Å². The van der Waals surface area contributed by atoms with Crippen molar-refractivity contribution in [3.8, 4) is 64.7 Å². The molecule has 6 nitrogen and oxygen atoms in total. The fourth-order valence-electron chi connectivity index (χ4n) is 6.93. The first-order chi connectivity index (χ1) is 29.3. The number of halogens is 6. The van der Waals surface area contributed by atoms with Gasteiger partial charge in [0.15, 0.2) is 0 Å². The van der Waals surface area contributed by atoms with E-state index in [1.807, 2.05) is 12.1 Å². The van der Waals surface area contributed by atoms with Crippen LogP contribution in [0.15, 0.2) is 59.7 Å². The zero-order chi connectivity index (χ0) is 43.9. The molecule has 6 aromatic rings. The van der Waals surface area contributed by atoms with Crippen molar-refractivity contribution in [2.24, 2.45) is 0 Å². The minimum absolute atomic E-state index is 0.215. The normalized spacial score (nSPS) is 11.5. The van der Waals surface area contributed by atoms with Gasteiger partial charge in [0.1, 0.15) is 57.6 Å². The maximum absolute atomic E-state index is 14.2. The average molecular weight is 921 g/mol. The number of hydrogen-bond acceptors (Lipinski definition) is 11. The predicted molar refractivity (Wildman–Crippen MR) is 235 cm³/mol. The van der Waals surface area contributed by atoms with E-state index in [4.69, 9.17) is 8.75 Å². The van der Waals surface area contributed by atoms with Crippen LogP contribution in [0.4, 0.5) is 26.3 Å². The Kier molecular flexibility index (Phi) is 14.7. The Balaban J connectivity index is 1.43. The monoisotopic (exact) mass is 920 g/mol. The minimum Gasteiger partial charge on any atom is -0.192 e. The smallest absolute Gasteiger partial charge is 0.192 e. The van der Waals surface area contributed by atoms with E-state index in [2.05, 4.69) is 26.0 Å². The molecule has 6 rings (SSSR count). The molecule has 0 amide bonds. The highest BCUT2D eigenvalue weighted by Gasteiger charge is 2.40. The number of aryl methyl sites for hydroxylation is 2. The van der Waals surface area contributed by atoms with Crippen LogP contribution < -0.4 is 0 Å². The molecule has 312 valence electrons. The van der Waals surface area contributed by atoms with Gasteiger partial charge in [-0.3, -0.25) is 0 Å². The van der Waals surface area contributed by atoms with Crippen LogP contribution in [-0.2, 0) is 12.8 Å². The van der Waals surface area contributed by atoms with Crippen LogP contribution in [-0.4, -0.2) is 21.1 Å². The standard InChI is InChI=1S/C44H34F6N6S5/c1-3-5-7-9-11-25-19-35(59-41(25)33-17-15-31(57-33)37(43(45,46)47)27(21-51)22-52)29-13-14-30(40-39(29)55-61-56-40)36-20-26(12-10-8-6-4-2)42(60-36)34-18-16-32(58-34)38(44(48,49)50)28(23-53)24-54/h13-20H,3-12H2,1-2H3. The van der Waals surface area contributed by atoms with Crippen LogP contribution in [0.5, 0.6) is 0 Å². The number of thiophene rings is 4. The number of nitriles is 4. The molecule has 0 fully saturated rings. The molecule has 0 saturated carbocycles. The average Bonchev–Trinajstić information content (AvgIpc) is 4.08. The highest BCUT2D eigenvalue weighted by atomic mass is 32.1. The molecule has 0 aliphatic rings. The third-order valence-electron chi connectivity index (χ3n) is 9.83. The highest BCUT2D eigenvalue weighted by Crippen LogP contribution is 2.50. The van der Waals surface area contributed by atoms with Crippen LogP contribution >= 0.6 is 57.1 Å². The second-order valence-corrected chi connectivity index (χ2v) is 18.7. The number of fused-ring (bicyclic) bond motifs is 1. The number of unbranched alkanes of at least 4 members (excludes halogenated alkanes) is 6. The lowest BCUT2D eigenvalue weighted by Crippen LogP contribution is -2.11. The van der Waals surface area contributed by atoms with Crippen LogP contribution in [0.2, 0.25) is 0 Å². The molecule has 1 aromatic carbocycles. The fourth-order valence-corrected chi connectivity index (χ4v) is 12.4. The molecule has 5 aromatic heterocycles. The Morgan fingerprint density at radius 1 is 0.525 bits per heavy atom. The Morgan fingerprint density at radius 3 is 1.26 bits per heavy atom. The Morgan fingerprint density at radius 2 is 0.918 bits per heavy atom. The number of benzene rings is 1. The van der Waals surface area contributed by atoms with Crippen molar-refractivity contribution >= 4 is 79.3 Å². The third kappa shape index (κ3) is 9.99. The van der Waals surface area contributed by atoms with E-state index in [-0.39, 0.29) is 9.75 Å². The van der Waals surface area contributed by atoms with E-state index >= 15 is 0 Å². The van der Waals surface area contributed by atoms with Crippen LogP contribution in [0.25, 0.3) is 62.6 Å². The first kappa shape index (κ1) is 45.4. The van der Waals surface area contributed by atoms with Crippen LogP contribution in [0, 0.1) is 45.3 Å². The van der Waals surface area contributed by atoms with E-state index < -0.39 is 34.6 Å². The molecule has 0 N–H and O–H groups in total. The summed E-state index contributed by atoms with van der Waals surface area (Å²) in [6.07, 6.45) is -0.555. The minimum atomic E-state index is -4.91. The van der Waals surface area contributed by atoms with Gasteiger partial charge in [-0.25, -0.2) is 0 Å². The maximum Gasteiger partial charge on any atom is 0.419 e. The molecule has 0 aliphatic heterocycles. The lowest BCUT2D eigenvalue weighted by Gasteiger charge is -2.09. The van der Waals surface area contributed by atoms with Gasteiger partial charge in [0, 0.05) is 50.1 Å². The Hall–Kier alpha value is -5.14. The summed E-state index contributed by atoms with van der Waals surface area (Å²) in [5.41, 5.74) is 0.283. The van der Waals surface area contributed by atoms with Gasteiger partial charge in [-0.2, -0.15) is 56.1 Å². The molecular weight excluding hydrogens is 887 g/mol. The summed E-state index contributed by atoms with van der Waals surface area (Å²) in [6.45, 7) is 4.22. The van der Waals surface area contributed by atoms with Crippen LogP contribution in [0.3, 0.4) is 0 Å². The second-order valence-electron chi connectivity index (χ2n) is 13.9. The topological polar surface area (TPSA) is 121 Å². The van der Waals surface area contributed by atoms with E-state index in [0.717, 1.165) is 128 Å². The second kappa shape index (κ2) is 19.7. The molecule has 0 atom stereocenters. The first-order valence-corrected chi connectivity index (χ1v) is 23.2. The van der Waals surface area contributed by atoms with Crippen molar-refractivity contribution in [3.63, 3.8) is 0 Å². The molecule has 0 aliphatic carbocycles. The van der Waals surface area contributed by atoms with Gasteiger partial charge in [0.2, 0.25) is 0 Å². The molecule has 0 saturated heterocycles. The Labute approximate surface area is 368 Å². The molecule has 61 heavy (non-hydrogen) atoms. The van der Waals surface area contributed by atoms with Gasteiger partial charge in [-0.05, 0) is 73.2 Å². The largest absolute Gasteiger partial charge is 0.419 e. The molecule has 0 bridgehead atoms. The van der Waals surface area contributed by atoms with E-state index in [1.54, 1.807) is 12.1 Å². The summed E-state index contributed by atoms with van der Waals surface area (Å²) in [7, 11) is 0. The van der Waals surface area contributed by atoms with E-state index in [1.165, 1.54) is 59.1 Å². The van der Waals surface area contributed by atoms with Crippen molar-refractivity contribution < 1.29 is 26.3 Å². The van der Waals surface area contributed by atoms with Crippen molar-refractivity contribution in [1.82, 2.24) is 8.75 Å². The van der Waals surface area contributed by atoms with Gasteiger partial charge in [0.25, 0.3) is 0 Å². The fraction of sp³-hybridized carbons (Fsp3) is 0.318. The molecule has 0 radical (unpaired) electrons. The zero-order valence-corrected chi connectivity index (χ0v) is 36.8. The molecule has 0 spiro atoms. The number of nitrogens with zero attached hydrogens (tertiary/aromatic N) is 6. The van der Waals surface area contributed by atoms with Gasteiger partial charge in [0.05, 0.1) is 11.7 Å². The third-order valence-corrected chi connectivity index (χ3v) is 15.3. The van der Waals surface area contributed by atoms with Gasteiger partial charge >= 0.3 is 12.4 Å². The van der Waals surface area contributed by atoms with Crippen molar-refractivity contribution in [3.05, 3.63) is 80.6 Å². The predicted octanol–water partition coefficient (Wildman–Crippen LogP) is 15.6. The van der Waals surface area contributed by atoms with Gasteiger partial charge < -0.3 is 0 Å². The molecule has 0 unspecified atom stereocenters. The molecular formula is C44H34F6N6S5. The zero-order valence-electron chi connectivity index (χ0n) is 32.7. The highest BCUT2D eigenvalue weighted by molar-refractivity contribution is 7.25. The summed E-state index contributed by atoms with van der Waals surface area (Å²) < 4.78 is 94.3. The van der Waals surface area contributed by atoms with Crippen molar-refractivity contribution in [2.75, 3.05) is 0 Å². The summed E-state index contributed by atoms with van der Waals surface area (Å²) in [5.74, 6) is 0. The number of allylic oxidation sites excluding steroid dienone is 4. The number of rotatable bonds is 16. The molecule has 5 heterocycles. The van der Waals surface area contributed by atoms with Gasteiger partial charge in [-0.1, -0.05) is 64.5 Å².